The molecule has 0 aliphatic carbocycles. The van der Waals surface area contributed by atoms with Crippen LogP contribution in [0.15, 0.2) is 18.2 Å². The predicted octanol–water partition coefficient (Wildman–Crippen LogP) is 2.22. The van der Waals surface area contributed by atoms with Gasteiger partial charge in [0, 0.05) is 12.6 Å². The highest BCUT2D eigenvalue weighted by molar-refractivity contribution is 6.30. The molecule has 0 radical (unpaired) electrons. The largest absolute Gasteiger partial charge is 0.491 e. The van der Waals surface area contributed by atoms with Crippen molar-refractivity contribution < 1.29 is 14.2 Å². The van der Waals surface area contributed by atoms with E-state index < -0.39 is 11.9 Å². The number of aliphatic hydroxyl groups excluding tert-OH is 1. The van der Waals surface area contributed by atoms with E-state index in [4.69, 9.17) is 16.3 Å². The molecule has 5 heteroatoms. The first-order valence-corrected chi connectivity index (χ1v) is 5.98. The summed E-state index contributed by atoms with van der Waals surface area (Å²) >= 11 is 5.54. The molecular weight excluding hydrogens is 245 g/mol. The molecular formula is C12H17ClFNO2. The normalized spacial score (nSPS) is 12.5. The number of aliphatic hydroxyl groups is 1. The van der Waals surface area contributed by atoms with Gasteiger partial charge in [0.2, 0.25) is 0 Å². The van der Waals surface area contributed by atoms with Gasteiger partial charge in [-0.1, -0.05) is 18.5 Å². The number of rotatable bonds is 7. The van der Waals surface area contributed by atoms with E-state index in [1.54, 1.807) is 6.07 Å². The summed E-state index contributed by atoms with van der Waals surface area (Å²) in [6.45, 7) is 3.49. The van der Waals surface area contributed by atoms with Crippen molar-refractivity contribution in [2.24, 2.45) is 0 Å². The van der Waals surface area contributed by atoms with Crippen molar-refractivity contribution in [2.45, 2.75) is 19.4 Å². The van der Waals surface area contributed by atoms with Gasteiger partial charge in [0.05, 0.1) is 5.02 Å². The molecule has 1 atom stereocenters. The van der Waals surface area contributed by atoms with Crippen LogP contribution in [0.3, 0.4) is 0 Å². The highest BCUT2D eigenvalue weighted by Gasteiger charge is 2.06. The summed E-state index contributed by atoms with van der Waals surface area (Å²) in [5.74, 6) is -0.163. The molecule has 0 unspecified atom stereocenters. The number of hydrogen-bond acceptors (Lipinski definition) is 3. The quantitative estimate of drug-likeness (QED) is 0.740. The fourth-order valence-electron chi connectivity index (χ4n) is 1.26. The van der Waals surface area contributed by atoms with E-state index in [-0.39, 0.29) is 11.6 Å². The standard InChI is InChI=1S/C12H17ClFNO2/c1-2-5-15-7-9(16)8-17-10-3-4-11(13)12(14)6-10/h3-4,6,9,15-16H,2,5,7-8H2,1H3/t9-/m0/s1. The van der Waals surface area contributed by atoms with Crippen molar-refractivity contribution in [1.82, 2.24) is 5.32 Å². The van der Waals surface area contributed by atoms with E-state index in [1.807, 2.05) is 6.92 Å². The summed E-state index contributed by atoms with van der Waals surface area (Å²) in [6.07, 6.45) is 0.399. The summed E-state index contributed by atoms with van der Waals surface area (Å²) < 4.78 is 18.3. The molecule has 1 rings (SSSR count). The van der Waals surface area contributed by atoms with Crippen molar-refractivity contribution >= 4 is 11.6 Å². The average Bonchev–Trinajstić information content (AvgIpc) is 2.31. The lowest BCUT2D eigenvalue weighted by atomic mass is 10.3. The van der Waals surface area contributed by atoms with Gasteiger partial charge < -0.3 is 15.2 Å². The molecule has 1 aromatic carbocycles. The first-order valence-electron chi connectivity index (χ1n) is 5.60. The molecule has 1 aromatic rings. The van der Waals surface area contributed by atoms with Crippen LogP contribution in [0.2, 0.25) is 5.02 Å². The van der Waals surface area contributed by atoms with Crippen molar-refractivity contribution in [2.75, 3.05) is 19.7 Å². The predicted molar refractivity (Wildman–Crippen MR) is 66.1 cm³/mol. The third-order valence-electron chi connectivity index (χ3n) is 2.14. The zero-order valence-electron chi connectivity index (χ0n) is 9.75. The van der Waals surface area contributed by atoms with Gasteiger partial charge in [-0.15, -0.1) is 0 Å². The lowest BCUT2D eigenvalue weighted by Gasteiger charge is -2.13. The maximum atomic E-state index is 13.1. The Morgan fingerprint density at radius 1 is 1.53 bits per heavy atom. The zero-order chi connectivity index (χ0) is 12.7. The van der Waals surface area contributed by atoms with Crippen LogP contribution >= 0.6 is 11.6 Å². The second-order valence-corrected chi connectivity index (χ2v) is 4.15. The topological polar surface area (TPSA) is 41.5 Å². The fourth-order valence-corrected chi connectivity index (χ4v) is 1.38. The molecule has 0 amide bonds. The van der Waals surface area contributed by atoms with E-state index in [0.717, 1.165) is 13.0 Å². The maximum Gasteiger partial charge on any atom is 0.145 e. The minimum atomic E-state index is -0.611. The summed E-state index contributed by atoms with van der Waals surface area (Å²) in [4.78, 5) is 0. The average molecular weight is 262 g/mol. The maximum absolute atomic E-state index is 13.1. The summed E-state index contributed by atoms with van der Waals surface area (Å²) in [7, 11) is 0. The number of ether oxygens (including phenoxy) is 1. The molecule has 0 aliphatic rings. The third-order valence-corrected chi connectivity index (χ3v) is 2.45. The first kappa shape index (κ1) is 14.2. The molecule has 0 bridgehead atoms. The summed E-state index contributed by atoms with van der Waals surface area (Å²) in [6, 6.07) is 4.19. The van der Waals surface area contributed by atoms with Gasteiger partial charge in [-0.3, -0.25) is 0 Å². The Hall–Kier alpha value is -0.840. The zero-order valence-corrected chi connectivity index (χ0v) is 10.5. The SMILES string of the molecule is CCCNC[C@H](O)COc1ccc(Cl)c(F)c1. The number of benzene rings is 1. The smallest absolute Gasteiger partial charge is 0.145 e. The summed E-state index contributed by atoms with van der Waals surface area (Å²) in [5, 5.41) is 12.7. The Morgan fingerprint density at radius 2 is 2.29 bits per heavy atom. The van der Waals surface area contributed by atoms with E-state index in [9.17, 15) is 9.50 Å². The lowest BCUT2D eigenvalue weighted by molar-refractivity contribution is 0.106. The third kappa shape index (κ3) is 5.35. The minimum absolute atomic E-state index is 0.0579. The Bertz CT molecular complexity index is 349. The van der Waals surface area contributed by atoms with Crippen LogP contribution in [0.25, 0.3) is 0 Å². The first-order chi connectivity index (χ1) is 8.13. The van der Waals surface area contributed by atoms with E-state index in [1.165, 1.54) is 12.1 Å². The fraction of sp³-hybridized carbons (Fsp3) is 0.500. The minimum Gasteiger partial charge on any atom is -0.491 e. The molecule has 0 fully saturated rings. The van der Waals surface area contributed by atoms with Gasteiger partial charge in [0.15, 0.2) is 0 Å². The monoisotopic (exact) mass is 261 g/mol. The Balaban J connectivity index is 2.31. The number of halogens is 2. The van der Waals surface area contributed by atoms with Gasteiger partial charge in [0.25, 0.3) is 0 Å². The van der Waals surface area contributed by atoms with Gasteiger partial charge in [-0.2, -0.15) is 0 Å². The molecule has 0 spiro atoms. The molecule has 0 aliphatic heterocycles. The van der Waals surface area contributed by atoms with Crippen LogP contribution < -0.4 is 10.1 Å². The Labute approximate surface area is 106 Å². The van der Waals surface area contributed by atoms with E-state index >= 15 is 0 Å². The summed E-state index contributed by atoms with van der Waals surface area (Å²) in [5.41, 5.74) is 0. The molecule has 17 heavy (non-hydrogen) atoms. The number of nitrogens with one attached hydrogen (secondary N) is 1. The molecule has 0 saturated heterocycles. The van der Waals surface area contributed by atoms with Gasteiger partial charge in [0.1, 0.15) is 24.3 Å². The van der Waals surface area contributed by atoms with Crippen LogP contribution in [0.1, 0.15) is 13.3 Å². The molecule has 0 heterocycles. The molecule has 3 nitrogen and oxygen atoms in total. The van der Waals surface area contributed by atoms with Crippen molar-refractivity contribution in [1.29, 1.82) is 0 Å². The number of hydrogen-bond donors (Lipinski definition) is 2. The van der Waals surface area contributed by atoms with E-state index in [0.29, 0.717) is 12.3 Å². The molecule has 2 N–H and O–H groups in total. The van der Waals surface area contributed by atoms with Gasteiger partial charge >= 0.3 is 0 Å². The molecule has 96 valence electrons. The highest BCUT2D eigenvalue weighted by Crippen LogP contribution is 2.20. The van der Waals surface area contributed by atoms with Crippen LogP contribution in [0, 0.1) is 5.82 Å². The second-order valence-electron chi connectivity index (χ2n) is 3.74. The highest BCUT2D eigenvalue weighted by atomic mass is 35.5. The van der Waals surface area contributed by atoms with Crippen molar-refractivity contribution in [3.05, 3.63) is 29.0 Å². The van der Waals surface area contributed by atoms with Crippen LogP contribution in [0.4, 0.5) is 4.39 Å². The van der Waals surface area contributed by atoms with Crippen molar-refractivity contribution in [3.63, 3.8) is 0 Å². The Kier molecular flexibility index (Phi) is 6.26. The van der Waals surface area contributed by atoms with Crippen LogP contribution in [-0.4, -0.2) is 30.9 Å². The van der Waals surface area contributed by atoms with Gasteiger partial charge in [-0.05, 0) is 25.1 Å². The van der Waals surface area contributed by atoms with Gasteiger partial charge in [-0.25, -0.2) is 4.39 Å². The Morgan fingerprint density at radius 3 is 2.94 bits per heavy atom. The van der Waals surface area contributed by atoms with Crippen LogP contribution in [0.5, 0.6) is 5.75 Å². The van der Waals surface area contributed by atoms with E-state index in [2.05, 4.69) is 5.32 Å². The second kappa shape index (κ2) is 7.48. The van der Waals surface area contributed by atoms with Crippen LogP contribution in [-0.2, 0) is 0 Å². The van der Waals surface area contributed by atoms with Crippen molar-refractivity contribution in [3.8, 4) is 5.75 Å². The molecule has 0 aromatic heterocycles. The lowest BCUT2D eigenvalue weighted by Crippen LogP contribution is -2.31. The molecule has 0 saturated carbocycles.